The highest BCUT2D eigenvalue weighted by Gasteiger charge is 2.19. The molecule has 1 aliphatic heterocycles. The summed E-state index contributed by atoms with van der Waals surface area (Å²) in [7, 11) is 0. The largest absolute Gasteiger partial charge is 0.294 e. The molecular weight excluding hydrogens is 438 g/mol. The molecule has 1 amide bonds. The van der Waals surface area contributed by atoms with Crippen LogP contribution in [0.2, 0.25) is 0 Å². The Kier molecular flexibility index (Phi) is 5.61. The molecule has 0 unspecified atom stereocenters. The molecule has 0 radical (unpaired) electrons. The molecule has 1 N–H and O–H groups in total. The van der Waals surface area contributed by atoms with Crippen molar-refractivity contribution in [2.24, 2.45) is 9.98 Å². The Labute approximate surface area is 193 Å². The van der Waals surface area contributed by atoms with E-state index in [1.807, 2.05) is 62.4 Å². The summed E-state index contributed by atoms with van der Waals surface area (Å²) in [5.41, 5.74) is 4.27. The number of aromatic nitrogens is 6. The van der Waals surface area contributed by atoms with Gasteiger partial charge in [0.2, 0.25) is 17.0 Å². The number of guanidine groups is 1. The number of carbonyl (C=O) groups excluding carboxylic acids is 1. The van der Waals surface area contributed by atoms with Crippen molar-refractivity contribution in [3.8, 4) is 5.69 Å². The van der Waals surface area contributed by atoms with E-state index in [9.17, 15) is 4.79 Å². The van der Waals surface area contributed by atoms with Crippen LogP contribution in [-0.2, 0) is 4.79 Å². The maximum Gasteiger partial charge on any atom is 0.253 e. The maximum atomic E-state index is 12.3. The monoisotopic (exact) mass is 457 g/mol. The molecule has 3 heterocycles. The van der Waals surface area contributed by atoms with Crippen LogP contribution in [0.4, 0.5) is 5.95 Å². The van der Waals surface area contributed by atoms with Gasteiger partial charge in [-0.1, -0.05) is 41.6 Å². The van der Waals surface area contributed by atoms with Gasteiger partial charge in [0.1, 0.15) is 0 Å². The number of tetrazole rings is 1. The Morgan fingerprint density at radius 3 is 2.82 bits per heavy atom. The third-order valence-electron chi connectivity index (χ3n) is 4.93. The predicted octanol–water partition coefficient (Wildman–Crippen LogP) is 2.96. The van der Waals surface area contributed by atoms with Crippen molar-refractivity contribution in [2.75, 3.05) is 5.75 Å². The van der Waals surface area contributed by atoms with Crippen molar-refractivity contribution in [3.63, 3.8) is 0 Å². The minimum atomic E-state index is -0.185. The van der Waals surface area contributed by atoms with E-state index in [4.69, 9.17) is 0 Å². The zero-order valence-electron chi connectivity index (χ0n) is 17.9. The van der Waals surface area contributed by atoms with E-state index in [1.54, 1.807) is 4.68 Å². The summed E-state index contributed by atoms with van der Waals surface area (Å²) in [4.78, 5) is 30.1. The number of amides is 1. The van der Waals surface area contributed by atoms with Gasteiger partial charge in [-0.05, 0) is 48.5 Å². The van der Waals surface area contributed by atoms with Gasteiger partial charge in [0, 0.05) is 16.9 Å². The highest BCUT2D eigenvalue weighted by atomic mass is 32.2. The summed E-state index contributed by atoms with van der Waals surface area (Å²) < 4.78 is 1.65. The lowest BCUT2D eigenvalue weighted by molar-refractivity contribution is -0.118. The first kappa shape index (κ1) is 20.9. The summed E-state index contributed by atoms with van der Waals surface area (Å²) in [6.45, 7) is 3.94. The summed E-state index contributed by atoms with van der Waals surface area (Å²) in [6.07, 6.45) is 0.176. The first-order chi connectivity index (χ1) is 16.0. The number of hydrogen-bond donors (Lipinski definition) is 1. The van der Waals surface area contributed by atoms with Crippen LogP contribution in [0.3, 0.4) is 0 Å². The molecule has 2 aromatic heterocycles. The lowest BCUT2D eigenvalue weighted by Crippen LogP contribution is -2.36. The number of nitrogens with zero attached hydrogens (tertiary/aromatic N) is 8. The summed E-state index contributed by atoms with van der Waals surface area (Å²) in [6, 6.07) is 15.6. The average molecular weight is 458 g/mol. The SMILES string of the molecule is Cc1ccc2nc(N=C3N=C(CSc4nnnn4-c4ccccc4)CC(=O)N3)nc(C)c2c1. The molecule has 0 atom stereocenters. The molecule has 10 nitrogen and oxygen atoms in total. The Balaban J connectivity index is 1.38. The van der Waals surface area contributed by atoms with Crippen LogP contribution in [0, 0.1) is 13.8 Å². The number of thioether (sulfide) groups is 1. The maximum absolute atomic E-state index is 12.3. The highest BCUT2D eigenvalue weighted by molar-refractivity contribution is 7.99. The molecule has 11 heteroatoms. The first-order valence-corrected chi connectivity index (χ1v) is 11.2. The lowest BCUT2D eigenvalue weighted by atomic mass is 10.1. The number of aryl methyl sites for hydroxylation is 2. The van der Waals surface area contributed by atoms with Gasteiger partial charge in [-0.25, -0.2) is 15.0 Å². The van der Waals surface area contributed by atoms with Crippen LogP contribution in [0.15, 0.2) is 63.7 Å². The van der Waals surface area contributed by atoms with Gasteiger partial charge in [-0.15, -0.1) is 5.10 Å². The molecule has 0 saturated heterocycles. The van der Waals surface area contributed by atoms with E-state index < -0.39 is 0 Å². The van der Waals surface area contributed by atoms with E-state index in [2.05, 4.69) is 40.8 Å². The topological polar surface area (TPSA) is 123 Å². The van der Waals surface area contributed by atoms with E-state index in [0.717, 1.165) is 27.8 Å². The first-order valence-electron chi connectivity index (χ1n) is 10.2. The van der Waals surface area contributed by atoms with Gasteiger partial charge in [0.25, 0.3) is 5.95 Å². The quantitative estimate of drug-likeness (QED) is 0.457. The van der Waals surface area contributed by atoms with Crippen molar-refractivity contribution in [1.82, 2.24) is 35.5 Å². The van der Waals surface area contributed by atoms with E-state index in [1.165, 1.54) is 11.8 Å². The van der Waals surface area contributed by atoms with Gasteiger partial charge < -0.3 is 0 Å². The number of para-hydroxylation sites is 1. The number of rotatable bonds is 5. The Bertz CT molecular complexity index is 1410. The fraction of sp³-hybridized carbons (Fsp3) is 0.182. The summed E-state index contributed by atoms with van der Waals surface area (Å²) >= 11 is 1.40. The minimum absolute atomic E-state index is 0.176. The highest BCUT2D eigenvalue weighted by Crippen LogP contribution is 2.21. The smallest absolute Gasteiger partial charge is 0.253 e. The summed E-state index contributed by atoms with van der Waals surface area (Å²) in [5, 5.41) is 16.2. The number of aliphatic imine (C=N–C) groups is 2. The third kappa shape index (κ3) is 4.62. The number of benzene rings is 2. The van der Waals surface area contributed by atoms with Crippen LogP contribution in [-0.4, -0.2) is 53.5 Å². The van der Waals surface area contributed by atoms with E-state index >= 15 is 0 Å². The van der Waals surface area contributed by atoms with Crippen molar-refractivity contribution in [1.29, 1.82) is 0 Å². The van der Waals surface area contributed by atoms with Crippen LogP contribution in [0.1, 0.15) is 17.7 Å². The van der Waals surface area contributed by atoms with Crippen molar-refractivity contribution < 1.29 is 4.79 Å². The third-order valence-corrected chi connectivity index (χ3v) is 5.92. The van der Waals surface area contributed by atoms with Crippen LogP contribution >= 0.6 is 11.8 Å². The molecule has 0 saturated carbocycles. The standard InChI is InChI=1S/C22H19N9OS/c1-13-8-9-18-17(10-13)14(2)23-20(25-18)27-21-24-15(11-19(32)26-21)12-33-22-28-29-30-31(22)16-6-4-3-5-7-16/h3-10H,11-12H2,1-2H3,(H,23,25,26,27,32). The molecule has 5 rings (SSSR count). The molecule has 0 aliphatic carbocycles. The van der Waals surface area contributed by atoms with Gasteiger partial charge in [-0.2, -0.15) is 9.67 Å². The van der Waals surface area contributed by atoms with Gasteiger partial charge in [0.05, 0.1) is 23.3 Å². The number of hydrogen-bond acceptors (Lipinski definition) is 8. The molecule has 1 aliphatic rings. The van der Waals surface area contributed by atoms with Gasteiger partial charge >= 0.3 is 0 Å². The second-order valence-electron chi connectivity index (χ2n) is 7.47. The molecule has 4 aromatic rings. The Morgan fingerprint density at radius 2 is 1.97 bits per heavy atom. The van der Waals surface area contributed by atoms with E-state index in [0.29, 0.717) is 16.6 Å². The second kappa shape index (κ2) is 8.87. The summed E-state index contributed by atoms with van der Waals surface area (Å²) in [5.74, 6) is 0.687. The van der Waals surface area contributed by atoms with Gasteiger partial charge in [0.15, 0.2) is 0 Å². The molecule has 0 spiro atoms. The molecule has 0 bridgehead atoms. The molecular formula is C22H19N9OS. The van der Waals surface area contributed by atoms with E-state index in [-0.39, 0.29) is 24.2 Å². The van der Waals surface area contributed by atoms with Gasteiger partial charge in [-0.3, -0.25) is 10.1 Å². The Hall–Kier alpha value is -3.99. The Morgan fingerprint density at radius 1 is 1.12 bits per heavy atom. The average Bonchev–Trinajstić information content (AvgIpc) is 3.27. The predicted molar refractivity (Wildman–Crippen MR) is 126 cm³/mol. The van der Waals surface area contributed by atoms with Crippen LogP contribution in [0.25, 0.3) is 16.6 Å². The van der Waals surface area contributed by atoms with Crippen molar-refractivity contribution in [3.05, 3.63) is 59.8 Å². The van der Waals surface area contributed by atoms with Crippen LogP contribution in [0.5, 0.6) is 0 Å². The number of fused-ring (bicyclic) bond motifs is 1. The zero-order valence-corrected chi connectivity index (χ0v) is 18.7. The minimum Gasteiger partial charge on any atom is -0.294 e. The second-order valence-corrected chi connectivity index (χ2v) is 8.41. The molecule has 33 heavy (non-hydrogen) atoms. The fourth-order valence-electron chi connectivity index (χ4n) is 3.38. The fourth-order valence-corrected chi connectivity index (χ4v) is 4.20. The normalized spacial score (nSPS) is 15.0. The van der Waals surface area contributed by atoms with Crippen molar-refractivity contribution >= 4 is 46.2 Å². The zero-order chi connectivity index (χ0) is 22.8. The molecule has 0 fully saturated rings. The van der Waals surface area contributed by atoms with Crippen LogP contribution < -0.4 is 5.32 Å². The molecule has 164 valence electrons. The van der Waals surface area contributed by atoms with Crippen molar-refractivity contribution in [2.45, 2.75) is 25.4 Å². The lowest BCUT2D eigenvalue weighted by Gasteiger charge is -2.14. The number of carbonyl (C=O) groups is 1. The number of nitrogens with one attached hydrogen (secondary N) is 1. The molecule has 2 aromatic carbocycles.